The molecule has 2 atom stereocenters. The van der Waals surface area contributed by atoms with Gasteiger partial charge in [-0.15, -0.1) is 0 Å². The zero-order valence-electron chi connectivity index (χ0n) is 12.0. The Hall–Kier alpha value is -1.77. The van der Waals surface area contributed by atoms with Crippen molar-refractivity contribution < 1.29 is 9.53 Å². The molecule has 0 aromatic heterocycles. The van der Waals surface area contributed by atoms with E-state index in [1.807, 2.05) is 24.3 Å². The van der Waals surface area contributed by atoms with Gasteiger partial charge in [-0.05, 0) is 22.3 Å². The van der Waals surface area contributed by atoms with Crippen molar-refractivity contribution in [2.45, 2.75) is 11.8 Å². The summed E-state index contributed by atoms with van der Waals surface area (Å²) in [6.07, 6.45) is 0. The number of rotatable bonds is 0. The Morgan fingerprint density at radius 2 is 1.22 bits per heavy atom. The fraction of sp³-hybridized carbons (Fsp3) is 0.211. The van der Waals surface area contributed by atoms with E-state index in [0.29, 0.717) is 5.76 Å². The molecule has 114 valence electrons. The van der Waals surface area contributed by atoms with Gasteiger partial charge < -0.3 is 4.74 Å². The molecular weight excluding hydrogens is 331 g/mol. The van der Waals surface area contributed by atoms with E-state index in [1.165, 1.54) is 22.3 Å². The van der Waals surface area contributed by atoms with E-state index >= 15 is 0 Å². The second kappa shape index (κ2) is 4.62. The molecule has 0 radical (unpaired) electrons. The molecule has 2 nitrogen and oxygen atoms in total. The van der Waals surface area contributed by atoms with Crippen LogP contribution >= 0.6 is 23.2 Å². The lowest BCUT2D eigenvalue weighted by molar-refractivity contribution is -0.139. The number of cyclic esters (lactones) is 1. The van der Waals surface area contributed by atoms with Crippen molar-refractivity contribution in [3.63, 3.8) is 0 Å². The van der Waals surface area contributed by atoms with Crippen molar-refractivity contribution in [1.29, 1.82) is 0 Å². The number of esters is 1. The Labute approximate surface area is 143 Å². The smallest absolute Gasteiger partial charge is 0.315 e. The van der Waals surface area contributed by atoms with Gasteiger partial charge in [0.15, 0.2) is 0 Å². The highest BCUT2D eigenvalue weighted by Gasteiger charge is 2.59. The summed E-state index contributed by atoms with van der Waals surface area (Å²) in [7, 11) is 0. The average Bonchev–Trinajstić information content (AvgIpc) is 2.93. The first-order valence-electron chi connectivity index (χ1n) is 7.63. The predicted molar refractivity (Wildman–Crippen MR) is 88.4 cm³/mol. The largest absolute Gasteiger partial charge is 0.428 e. The molecule has 0 amide bonds. The number of halogens is 2. The normalized spacial score (nSPS) is 29.7. The summed E-state index contributed by atoms with van der Waals surface area (Å²) in [5, 5.41) is 0. The highest BCUT2D eigenvalue weighted by Crippen LogP contribution is 2.63. The number of carbonyl (C=O) groups excluding carboxylic acids is 1. The van der Waals surface area contributed by atoms with Crippen LogP contribution in [0.25, 0.3) is 0 Å². The standard InChI is InChI=1S/C19H12Cl2O2/c20-18(21)17-15-13-9-5-1-3-7-11(9)14(16(15)19(22)23-17)12-8-4-2-6-10(12)13/h1-8,13-16H/t13?,14?,15-,16-/m0/s1. The fourth-order valence-corrected chi connectivity index (χ4v) is 5.01. The Kier molecular flexibility index (Phi) is 2.74. The highest BCUT2D eigenvalue weighted by molar-refractivity contribution is 6.56. The maximum atomic E-state index is 12.6. The molecule has 1 aliphatic heterocycles. The van der Waals surface area contributed by atoms with Gasteiger partial charge in [-0.1, -0.05) is 71.7 Å². The molecule has 2 bridgehead atoms. The first-order valence-corrected chi connectivity index (χ1v) is 8.38. The van der Waals surface area contributed by atoms with Gasteiger partial charge in [0.2, 0.25) is 0 Å². The molecule has 23 heavy (non-hydrogen) atoms. The van der Waals surface area contributed by atoms with Crippen LogP contribution in [-0.4, -0.2) is 5.97 Å². The van der Waals surface area contributed by atoms with Crippen LogP contribution in [0.3, 0.4) is 0 Å². The molecule has 4 aliphatic rings. The van der Waals surface area contributed by atoms with E-state index < -0.39 is 0 Å². The van der Waals surface area contributed by atoms with Crippen molar-refractivity contribution >= 4 is 29.2 Å². The lowest BCUT2D eigenvalue weighted by atomic mass is 9.54. The number of carbonyl (C=O) groups is 1. The maximum Gasteiger partial charge on any atom is 0.315 e. The summed E-state index contributed by atoms with van der Waals surface area (Å²) in [6.45, 7) is 0. The Morgan fingerprint density at radius 3 is 1.65 bits per heavy atom. The molecule has 0 unspecified atom stereocenters. The number of hydrogen-bond donors (Lipinski definition) is 0. The molecule has 0 saturated carbocycles. The van der Waals surface area contributed by atoms with Gasteiger partial charge in [0, 0.05) is 17.8 Å². The average molecular weight is 343 g/mol. The van der Waals surface area contributed by atoms with Gasteiger partial charge >= 0.3 is 5.97 Å². The third-order valence-electron chi connectivity index (χ3n) is 5.41. The second-order valence-corrected chi connectivity index (χ2v) is 7.26. The van der Waals surface area contributed by atoms with E-state index in [2.05, 4.69) is 24.3 Å². The topological polar surface area (TPSA) is 26.3 Å². The molecule has 0 spiro atoms. The van der Waals surface area contributed by atoms with Crippen LogP contribution < -0.4 is 0 Å². The van der Waals surface area contributed by atoms with Crippen LogP contribution in [0.5, 0.6) is 0 Å². The second-order valence-electron chi connectivity index (χ2n) is 6.31. The number of allylic oxidation sites excluding steroid dienone is 1. The Morgan fingerprint density at radius 1 is 0.783 bits per heavy atom. The Balaban J connectivity index is 1.86. The molecule has 1 saturated heterocycles. The summed E-state index contributed by atoms with van der Waals surface area (Å²) >= 11 is 12.1. The molecule has 2 aromatic rings. The number of benzene rings is 2. The van der Waals surface area contributed by atoms with Crippen LogP contribution in [0, 0.1) is 11.8 Å². The molecule has 4 heteroatoms. The SMILES string of the molecule is O=C1OC(=C(Cl)Cl)[C@H]2C3c4ccccc4C(c4ccccc43)[C@H]12. The van der Waals surface area contributed by atoms with Gasteiger partial charge in [-0.2, -0.15) is 0 Å². The fourth-order valence-electron chi connectivity index (χ4n) is 4.68. The summed E-state index contributed by atoms with van der Waals surface area (Å²) in [5.74, 6) is -0.0684. The third kappa shape index (κ3) is 1.63. The van der Waals surface area contributed by atoms with Gasteiger partial charge in [0.25, 0.3) is 0 Å². The minimum absolute atomic E-state index is 0.00934. The van der Waals surface area contributed by atoms with Gasteiger partial charge in [0.05, 0.1) is 5.92 Å². The minimum Gasteiger partial charge on any atom is -0.428 e. The van der Waals surface area contributed by atoms with Crippen LogP contribution in [0.2, 0.25) is 0 Å². The lowest BCUT2D eigenvalue weighted by Crippen LogP contribution is -2.40. The van der Waals surface area contributed by atoms with Crippen molar-refractivity contribution in [2.24, 2.45) is 11.8 Å². The lowest BCUT2D eigenvalue weighted by Gasteiger charge is -2.46. The van der Waals surface area contributed by atoms with E-state index in [9.17, 15) is 4.79 Å². The van der Waals surface area contributed by atoms with Crippen molar-refractivity contribution in [3.8, 4) is 0 Å². The zero-order valence-corrected chi connectivity index (χ0v) is 13.5. The van der Waals surface area contributed by atoms with Crippen LogP contribution in [0.4, 0.5) is 0 Å². The summed E-state index contributed by atoms with van der Waals surface area (Å²) in [6, 6.07) is 16.7. The van der Waals surface area contributed by atoms with Crippen LogP contribution in [0.15, 0.2) is 58.8 Å². The maximum absolute atomic E-state index is 12.6. The van der Waals surface area contributed by atoms with Crippen molar-refractivity contribution in [3.05, 3.63) is 81.0 Å². The van der Waals surface area contributed by atoms with Gasteiger partial charge in [0.1, 0.15) is 10.3 Å². The monoisotopic (exact) mass is 342 g/mol. The van der Waals surface area contributed by atoms with E-state index in [0.717, 1.165) is 0 Å². The molecule has 0 N–H and O–H groups in total. The van der Waals surface area contributed by atoms with Gasteiger partial charge in [-0.25, -0.2) is 0 Å². The van der Waals surface area contributed by atoms with Crippen LogP contribution in [-0.2, 0) is 9.53 Å². The molecule has 3 aliphatic carbocycles. The van der Waals surface area contributed by atoms with E-state index in [4.69, 9.17) is 27.9 Å². The third-order valence-corrected chi connectivity index (χ3v) is 5.78. The van der Waals surface area contributed by atoms with Gasteiger partial charge in [-0.3, -0.25) is 4.79 Å². The number of ether oxygens (including phenoxy) is 1. The van der Waals surface area contributed by atoms with Crippen molar-refractivity contribution in [2.75, 3.05) is 0 Å². The van der Waals surface area contributed by atoms with E-state index in [-0.39, 0.29) is 34.1 Å². The number of hydrogen-bond acceptors (Lipinski definition) is 2. The molecular formula is C19H12Cl2O2. The quantitative estimate of drug-likeness (QED) is 0.648. The predicted octanol–water partition coefficient (Wildman–Crippen LogP) is 4.71. The molecule has 6 rings (SSSR count). The van der Waals surface area contributed by atoms with Crippen LogP contribution in [0.1, 0.15) is 34.1 Å². The summed E-state index contributed by atoms with van der Waals surface area (Å²) in [5.41, 5.74) is 4.95. The highest BCUT2D eigenvalue weighted by atomic mass is 35.5. The molecule has 1 fully saturated rings. The molecule has 2 aromatic carbocycles. The first-order chi connectivity index (χ1) is 11.2. The first kappa shape index (κ1) is 13.6. The summed E-state index contributed by atoms with van der Waals surface area (Å²) < 4.78 is 5.55. The Bertz CT molecular complexity index is 835. The zero-order chi connectivity index (χ0) is 15.7. The molecule has 1 heterocycles. The summed E-state index contributed by atoms with van der Waals surface area (Å²) in [4.78, 5) is 12.6. The van der Waals surface area contributed by atoms with E-state index in [1.54, 1.807) is 0 Å². The van der Waals surface area contributed by atoms with Crippen molar-refractivity contribution in [1.82, 2.24) is 0 Å². The minimum atomic E-state index is -0.243.